The molecular formula is C10H22N2O. The SMILES string of the molecule is CCNC(C)CNCC1CCCO1. The van der Waals surface area contributed by atoms with E-state index in [9.17, 15) is 0 Å². The van der Waals surface area contributed by atoms with E-state index in [0.717, 1.165) is 26.2 Å². The number of likely N-dealkylation sites (N-methyl/N-ethyl adjacent to an activating group) is 1. The lowest BCUT2D eigenvalue weighted by molar-refractivity contribution is 0.110. The zero-order valence-corrected chi connectivity index (χ0v) is 8.81. The number of ether oxygens (including phenoxy) is 1. The van der Waals surface area contributed by atoms with Crippen LogP contribution in [0.5, 0.6) is 0 Å². The molecule has 0 radical (unpaired) electrons. The van der Waals surface area contributed by atoms with Crippen LogP contribution in [0.3, 0.4) is 0 Å². The van der Waals surface area contributed by atoms with E-state index in [1.54, 1.807) is 0 Å². The Balaban J connectivity index is 1.93. The van der Waals surface area contributed by atoms with Crippen molar-refractivity contribution in [2.75, 3.05) is 26.2 Å². The van der Waals surface area contributed by atoms with Crippen LogP contribution in [0, 0.1) is 0 Å². The molecule has 0 aromatic carbocycles. The second-order valence-electron chi connectivity index (χ2n) is 3.75. The minimum absolute atomic E-state index is 0.467. The summed E-state index contributed by atoms with van der Waals surface area (Å²) in [5, 5.41) is 6.79. The summed E-state index contributed by atoms with van der Waals surface area (Å²) in [5.74, 6) is 0. The third-order valence-electron chi connectivity index (χ3n) is 2.40. The van der Waals surface area contributed by atoms with E-state index in [1.807, 2.05) is 0 Å². The highest BCUT2D eigenvalue weighted by molar-refractivity contribution is 4.69. The largest absolute Gasteiger partial charge is 0.377 e. The molecule has 1 saturated heterocycles. The maximum atomic E-state index is 5.51. The number of hydrogen-bond donors (Lipinski definition) is 2. The summed E-state index contributed by atoms with van der Waals surface area (Å²) in [7, 11) is 0. The second-order valence-corrected chi connectivity index (χ2v) is 3.75. The van der Waals surface area contributed by atoms with E-state index in [0.29, 0.717) is 12.1 Å². The summed E-state index contributed by atoms with van der Waals surface area (Å²) in [5.41, 5.74) is 0. The summed E-state index contributed by atoms with van der Waals surface area (Å²) in [4.78, 5) is 0. The van der Waals surface area contributed by atoms with Crippen LogP contribution in [0.1, 0.15) is 26.7 Å². The number of rotatable bonds is 6. The van der Waals surface area contributed by atoms with E-state index < -0.39 is 0 Å². The Morgan fingerprint density at radius 2 is 2.38 bits per heavy atom. The third kappa shape index (κ3) is 4.60. The first-order chi connectivity index (χ1) is 6.33. The quantitative estimate of drug-likeness (QED) is 0.642. The summed E-state index contributed by atoms with van der Waals surface area (Å²) in [6.45, 7) is 8.38. The van der Waals surface area contributed by atoms with Crippen LogP contribution >= 0.6 is 0 Å². The molecule has 1 aliphatic rings. The first-order valence-electron chi connectivity index (χ1n) is 5.38. The molecule has 0 spiro atoms. The Labute approximate surface area is 81.2 Å². The van der Waals surface area contributed by atoms with Gasteiger partial charge in [-0.15, -0.1) is 0 Å². The lowest BCUT2D eigenvalue weighted by Crippen LogP contribution is -2.38. The molecule has 0 aliphatic carbocycles. The van der Waals surface area contributed by atoms with Gasteiger partial charge in [-0.3, -0.25) is 0 Å². The molecule has 2 N–H and O–H groups in total. The first-order valence-corrected chi connectivity index (χ1v) is 5.38. The van der Waals surface area contributed by atoms with Gasteiger partial charge in [-0.1, -0.05) is 6.92 Å². The molecule has 13 heavy (non-hydrogen) atoms. The molecule has 0 bridgehead atoms. The van der Waals surface area contributed by atoms with Crippen molar-refractivity contribution >= 4 is 0 Å². The van der Waals surface area contributed by atoms with Crippen LogP contribution in [-0.4, -0.2) is 38.4 Å². The normalized spacial score (nSPS) is 24.9. The van der Waals surface area contributed by atoms with Crippen molar-refractivity contribution in [3.63, 3.8) is 0 Å². The molecule has 78 valence electrons. The maximum Gasteiger partial charge on any atom is 0.0700 e. The number of nitrogens with one attached hydrogen (secondary N) is 2. The number of hydrogen-bond acceptors (Lipinski definition) is 3. The van der Waals surface area contributed by atoms with Gasteiger partial charge in [0.15, 0.2) is 0 Å². The molecule has 1 rings (SSSR count). The van der Waals surface area contributed by atoms with Crippen molar-refractivity contribution in [3.8, 4) is 0 Å². The van der Waals surface area contributed by atoms with Crippen LogP contribution in [-0.2, 0) is 4.74 Å². The van der Waals surface area contributed by atoms with Crippen molar-refractivity contribution in [1.82, 2.24) is 10.6 Å². The molecule has 2 atom stereocenters. The fourth-order valence-corrected chi connectivity index (χ4v) is 1.69. The van der Waals surface area contributed by atoms with Gasteiger partial charge in [0.1, 0.15) is 0 Å². The molecular weight excluding hydrogens is 164 g/mol. The summed E-state index contributed by atoms with van der Waals surface area (Å²) in [6.07, 6.45) is 2.92. The van der Waals surface area contributed by atoms with Gasteiger partial charge in [0.2, 0.25) is 0 Å². The smallest absolute Gasteiger partial charge is 0.0700 e. The van der Waals surface area contributed by atoms with Gasteiger partial charge in [-0.05, 0) is 26.3 Å². The highest BCUT2D eigenvalue weighted by Gasteiger charge is 2.14. The molecule has 0 aromatic heterocycles. The predicted molar refractivity (Wildman–Crippen MR) is 55.0 cm³/mol. The van der Waals surface area contributed by atoms with E-state index in [4.69, 9.17) is 4.74 Å². The Hall–Kier alpha value is -0.120. The topological polar surface area (TPSA) is 33.3 Å². The molecule has 0 aromatic rings. The standard InChI is InChI=1S/C10H22N2O/c1-3-12-9(2)7-11-8-10-5-4-6-13-10/h9-12H,3-8H2,1-2H3. The van der Waals surface area contributed by atoms with Gasteiger partial charge in [0.05, 0.1) is 6.10 Å². The minimum atomic E-state index is 0.467. The monoisotopic (exact) mass is 186 g/mol. The van der Waals surface area contributed by atoms with Crippen LogP contribution < -0.4 is 10.6 Å². The second kappa shape index (κ2) is 6.35. The van der Waals surface area contributed by atoms with Crippen molar-refractivity contribution in [2.24, 2.45) is 0 Å². The zero-order chi connectivity index (χ0) is 9.52. The summed E-state index contributed by atoms with van der Waals surface area (Å²) in [6, 6.07) is 0.561. The Morgan fingerprint density at radius 1 is 1.54 bits per heavy atom. The van der Waals surface area contributed by atoms with E-state index >= 15 is 0 Å². The molecule has 0 saturated carbocycles. The van der Waals surface area contributed by atoms with Gasteiger partial charge < -0.3 is 15.4 Å². The van der Waals surface area contributed by atoms with Gasteiger partial charge in [-0.2, -0.15) is 0 Å². The average molecular weight is 186 g/mol. The highest BCUT2D eigenvalue weighted by atomic mass is 16.5. The molecule has 1 heterocycles. The summed E-state index contributed by atoms with van der Waals surface area (Å²) < 4.78 is 5.51. The van der Waals surface area contributed by atoms with Crippen LogP contribution in [0.4, 0.5) is 0 Å². The lowest BCUT2D eigenvalue weighted by atomic mass is 10.2. The van der Waals surface area contributed by atoms with E-state index in [2.05, 4.69) is 24.5 Å². The van der Waals surface area contributed by atoms with Gasteiger partial charge in [-0.25, -0.2) is 0 Å². The molecule has 0 amide bonds. The van der Waals surface area contributed by atoms with Gasteiger partial charge in [0.25, 0.3) is 0 Å². The van der Waals surface area contributed by atoms with Crippen molar-refractivity contribution in [3.05, 3.63) is 0 Å². The van der Waals surface area contributed by atoms with Crippen molar-refractivity contribution < 1.29 is 4.74 Å². The van der Waals surface area contributed by atoms with Crippen molar-refractivity contribution in [2.45, 2.75) is 38.8 Å². The highest BCUT2D eigenvalue weighted by Crippen LogP contribution is 2.10. The molecule has 3 nitrogen and oxygen atoms in total. The average Bonchev–Trinajstić information content (AvgIpc) is 2.57. The van der Waals surface area contributed by atoms with Crippen LogP contribution in [0.15, 0.2) is 0 Å². The van der Waals surface area contributed by atoms with Gasteiger partial charge >= 0.3 is 0 Å². The van der Waals surface area contributed by atoms with Crippen molar-refractivity contribution in [1.29, 1.82) is 0 Å². The minimum Gasteiger partial charge on any atom is -0.377 e. The lowest BCUT2D eigenvalue weighted by Gasteiger charge is -2.15. The Bertz CT molecular complexity index is 124. The summed E-state index contributed by atoms with van der Waals surface area (Å²) >= 11 is 0. The first kappa shape index (κ1) is 11.0. The fraction of sp³-hybridized carbons (Fsp3) is 1.00. The van der Waals surface area contributed by atoms with Crippen LogP contribution in [0.2, 0.25) is 0 Å². The van der Waals surface area contributed by atoms with Gasteiger partial charge in [0, 0.05) is 25.7 Å². The van der Waals surface area contributed by atoms with E-state index in [1.165, 1.54) is 12.8 Å². The molecule has 1 fully saturated rings. The fourth-order valence-electron chi connectivity index (χ4n) is 1.69. The Kier molecular flexibility index (Phi) is 5.35. The molecule has 2 unspecified atom stereocenters. The Morgan fingerprint density at radius 3 is 3.00 bits per heavy atom. The third-order valence-corrected chi connectivity index (χ3v) is 2.40. The maximum absolute atomic E-state index is 5.51. The zero-order valence-electron chi connectivity index (χ0n) is 8.81. The molecule has 3 heteroatoms. The predicted octanol–water partition coefficient (Wildman–Crippen LogP) is 0.753. The molecule has 1 aliphatic heterocycles. The van der Waals surface area contributed by atoms with Crippen LogP contribution in [0.25, 0.3) is 0 Å². The van der Waals surface area contributed by atoms with E-state index in [-0.39, 0.29) is 0 Å².